The molecule has 2 N–H and O–H groups in total. The van der Waals surface area contributed by atoms with Crippen LogP contribution in [0.15, 0.2) is 36.8 Å². The molecule has 0 aliphatic heterocycles. The molecule has 0 fully saturated rings. The van der Waals surface area contributed by atoms with Gasteiger partial charge in [0.25, 0.3) is 0 Å². The fourth-order valence-corrected chi connectivity index (χ4v) is 2.01. The minimum Gasteiger partial charge on any atom is -0.333 e. The Morgan fingerprint density at radius 2 is 2.24 bits per heavy atom. The van der Waals surface area contributed by atoms with Crippen LogP contribution in [-0.2, 0) is 13.0 Å². The Kier molecular flexibility index (Phi) is 3.59. The average Bonchev–Trinajstić information content (AvgIpc) is 2.74. The lowest BCUT2D eigenvalue weighted by atomic mass is 10.1. The van der Waals surface area contributed by atoms with E-state index >= 15 is 0 Å². The van der Waals surface area contributed by atoms with Gasteiger partial charge in [0, 0.05) is 18.8 Å². The van der Waals surface area contributed by atoms with Gasteiger partial charge in [-0.3, -0.25) is 0 Å². The minimum atomic E-state index is 0.0370. The third kappa shape index (κ3) is 2.94. The van der Waals surface area contributed by atoms with Gasteiger partial charge in [0.15, 0.2) is 0 Å². The van der Waals surface area contributed by atoms with Crippen LogP contribution in [0.3, 0.4) is 0 Å². The Hall–Kier alpha value is -1.61. The van der Waals surface area contributed by atoms with Crippen molar-refractivity contribution < 1.29 is 0 Å². The van der Waals surface area contributed by atoms with Gasteiger partial charge < -0.3 is 10.3 Å². The second kappa shape index (κ2) is 5.15. The average molecular weight is 229 g/mol. The lowest BCUT2D eigenvalue weighted by molar-refractivity contribution is 0.624. The molecule has 0 bridgehead atoms. The number of aryl methyl sites for hydroxylation is 3. The first kappa shape index (κ1) is 11.9. The summed E-state index contributed by atoms with van der Waals surface area (Å²) in [6.45, 7) is 5.04. The fourth-order valence-electron chi connectivity index (χ4n) is 2.01. The zero-order valence-electron chi connectivity index (χ0n) is 10.4. The van der Waals surface area contributed by atoms with Crippen molar-refractivity contribution in [3.05, 3.63) is 53.6 Å². The number of hydrogen-bond donors (Lipinski definition) is 1. The van der Waals surface area contributed by atoms with Crippen molar-refractivity contribution in [1.82, 2.24) is 9.55 Å². The van der Waals surface area contributed by atoms with E-state index in [-0.39, 0.29) is 6.04 Å². The minimum absolute atomic E-state index is 0.0370. The first-order valence-electron chi connectivity index (χ1n) is 5.98. The highest BCUT2D eigenvalue weighted by Crippen LogP contribution is 2.11. The van der Waals surface area contributed by atoms with Crippen molar-refractivity contribution in [3.8, 4) is 0 Å². The second-order valence-corrected chi connectivity index (χ2v) is 4.54. The molecule has 1 heterocycles. The summed E-state index contributed by atoms with van der Waals surface area (Å²) >= 11 is 0. The number of rotatable bonds is 4. The maximum atomic E-state index is 5.89. The van der Waals surface area contributed by atoms with Gasteiger partial charge in [0.05, 0.1) is 12.0 Å². The summed E-state index contributed by atoms with van der Waals surface area (Å²) in [7, 11) is 0. The van der Waals surface area contributed by atoms with Crippen molar-refractivity contribution in [2.75, 3.05) is 0 Å². The molecule has 1 aromatic carbocycles. The highest BCUT2D eigenvalue weighted by Gasteiger charge is 2.06. The van der Waals surface area contributed by atoms with Crippen LogP contribution in [-0.4, -0.2) is 9.55 Å². The number of nitrogens with two attached hydrogens (primary N) is 1. The summed E-state index contributed by atoms with van der Waals surface area (Å²) in [4.78, 5) is 4.16. The molecule has 0 saturated carbocycles. The number of benzene rings is 1. The Morgan fingerprint density at radius 3 is 2.94 bits per heavy atom. The molecule has 0 aliphatic rings. The van der Waals surface area contributed by atoms with E-state index in [9.17, 15) is 0 Å². The van der Waals surface area contributed by atoms with Crippen LogP contribution in [0.25, 0.3) is 0 Å². The first-order valence-corrected chi connectivity index (χ1v) is 5.98. The molecule has 17 heavy (non-hydrogen) atoms. The van der Waals surface area contributed by atoms with E-state index in [0.717, 1.165) is 18.7 Å². The van der Waals surface area contributed by atoms with Gasteiger partial charge in [0.2, 0.25) is 0 Å². The van der Waals surface area contributed by atoms with Gasteiger partial charge in [-0.15, -0.1) is 0 Å². The van der Waals surface area contributed by atoms with E-state index < -0.39 is 0 Å². The molecule has 3 heteroatoms. The van der Waals surface area contributed by atoms with Crippen LogP contribution in [0.5, 0.6) is 0 Å². The van der Waals surface area contributed by atoms with Gasteiger partial charge in [-0.25, -0.2) is 4.98 Å². The quantitative estimate of drug-likeness (QED) is 0.875. The molecular formula is C14H19N3. The summed E-state index contributed by atoms with van der Waals surface area (Å²) in [5.74, 6) is 0. The van der Waals surface area contributed by atoms with Gasteiger partial charge in [-0.05, 0) is 25.8 Å². The molecule has 90 valence electrons. The number of imidazole rings is 1. The van der Waals surface area contributed by atoms with Crippen molar-refractivity contribution in [2.24, 2.45) is 5.73 Å². The number of aromatic nitrogens is 2. The van der Waals surface area contributed by atoms with Gasteiger partial charge in [-0.1, -0.05) is 29.8 Å². The summed E-state index contributed by atoms with van der Waals surface area (Å²) in [5, 5.41) is 0. The molecule has 0 aliphatic carbocycles. The highest BCUT2D eigenvalue weighted by atomic mass is 15.1. The molecule has 1 atom stereocenters. The van der Waals surface area contributed by atoms with Crippen LogP contribution in [0.4, 0.5) is 0 Å². The zero-order valence-corrected chi connectivity index (χ0v) is 10.4. The molecule has 0 amide bonds. The van der Waals surface area contributed by atoms with Crippen molar-refractivity contribution in [1.29, 1.82) is 0 Å². The van der Waals surface area contributed by atoms with E-state index in [2.05, 4.69) is 40.7 Å². The SMILES string of the molecule is Cc1cccc(CCn2cncc2C(C)N)c1. The Bertz CT molecular complexity index is 486. The molecule has 3 nitrogen and oxygen atoms in total. The number of hydrogen-bond acceptors (Lipinski definition) is 2. The molecule has 1 aromatic heterocycles. The molecule has 0 radical (unpaired) electrons. The van der Waals surface area contributed by atoms with E-state index in [4.69, 9.17) is 5.73 Å². The van der Waals surface area contributed by atoms with Crippen LogP contribution in [0.1, 0.15) is 29.8 Å². The van der Waals surface area contributed by atoms with E-state index in [0.29, 0.717) is 0 Å². The summed E-state index contributed by atoms with van der Waals surface area (Å²) < 4.78 is 2.13. The maximum absolute atomic E-state index is 5.89. The van der Waals surface area contributed by atoms with E-state index in [1.807, 2.05) is 19.4 Å². The normalized spacial score (nSPS) is 12.6. The Morgan fingerprint density at radius 1 is 1.41 bits per heavy atom. The van der Waals surface area contributed by atoms with Gasteiger partial charge >= 0.3 is 0 Å². The van der Waals surface area contributed by atoms with Gasteiger partial charge in [0.1, 0.15) is 0 Å². The van der Waals surface area contributed by atoms with Crippen molar-refractivity contribution in [2.45, 2.75) is 32.9 Å². The highest BCUT2D eigenvalue weighted by molar-refractivity contribution is 5.22. The van der Waals surface area contributed by atoms with E-state index in [1.165, 1.54) is 11.1 Å². The van der Waals surface area contributed by atoms with Crippen LogP contribution in [0.2, 0.25) is 0 Å². The van der Waals surface area contributed by atoms with E-state index in [1.54, 1.807) is 0 Å². The fraction of sp³-hybridized carbons (Fsp3) is 0.357. The summed E-state index contributed by atoms with van der Waals surface area (Å²) in [6.07, 6.45) is 4.72. The van der Waals surface area contributed by atoms with Crippen molar-refractivity contribution in [3.63, 3.8) is 0 Å². The third-order valence-electron chi connectivity index (χ3n) is 2.93. The van der Waals surface area contributed by atoms with Crippen LogP contribution in [0, 0.1) is 6.92 Å². The predicted molar refractivity (Wildman–Crippen MR) is 69.7 cm³/mol. The molecule has 2 aromatic rings. The molecule has 2 rings (SSSR count). The third-order valence-corrected chi connectivity index (χ3v) is 2.93. The van der Waals surface area contributed by atoms with Crippen molar-refractivity contribution >= 4 is 0 Å². The molecule has 1 unspecified atom stereocenters. The maximum Gasteiger partial charge on any atom is 0.0948 e. The van der Waals surface area contributed by atoms with Crippen LogP contribution >= 0.6 is 0 Å². The number of nitrogens with zero attached hydrogens (tertiary/aromatic N) is 2. The monoisotopic (exact) mass is 229 g/mol. The second-order valence-electron chi connectivity index (χ2n) is 4.54. The summed E-state index contributed by atoms with van der Waals surface area (Å²) in [5.41, 5.74) is 9.65. The molecular weight excluding hydrogens is 210 g/mol. The Labute approximate surface area is 102 Å². The standard InChI is InChI=1S/C14H19N3/c1-11-4-3-5-13(8-11)6-7-17-10-16-9-14(17)12(2)15/h3-5,8-10,12H,6-7,15H2,1-2H3. The first-order chi connectivity index (χ1) is 8.16. The smallest absolute Gasteiger partial charge is 0.0948 e. The lowest BCUT2D eigenvalue weighted by Crippen LogP contribution is -2.12. The molecule has 0 saturated heterocycles. The zero-order chi connectivity index (χ0) is 12.3. The van der Waals surface area contributed by atoms with Crippen LogP contribution < -0.4 is 5.73 Å². The predicted octanol–water partition coefficient (Wildman–Crippen LogP) is 2.45. The lowest BCUT2D eigenvalue weighted by Gasteiger charge is -2.10. The largest absolute Gasteiger partial charge is 0.333 e. The van der Waals surface area contributed by atoms with Gasteiger partial charge in [-0.2, -0.15) is 0 Å². The topological polar surface area (TPSA) is 43.8 Å². The molecule has 0 spiro atoms. The summed E-state index contributed by atoms with van der Waals surface area (Å²) in [6, 6.07) is 8.65. The Balaban J connectivity index is 2.05.